The number of hydrogen-bond donors (Lipinski definition) is 1. The summed E-state index contributed by atoms with van der Waals surface area (Å²) in [5, 5.41) is 3.20. The number of carbonyl (C=O) groups is 1. The Kier molecular flexibility index (Phi) is 5.22. The molecule has 16 heavy (non-hydrogen) atoms. The van der Waals surface area contributed by atoms with Crippen molar-refractivity contribution in [3.05, 3.63) is 29.0 Å². The van der Waals surface area contributed by atoms with Gasteiger partial charge in [-0.2, -0.15) is 0 Å². The van der Waals surface area contributed by atoms with Gasteiger partial charge in [-0.3, -0.25) is 9.78 Å². The van der Waals surface area contributed by atoms with Gasteiger partial charge in [0.25, 0.3) is 5.91 Å². The molecule has 0 aromatic carbocycles. The van der Waals surface area contributed by atoms with Crippen molar-refractivity contribution in [3.8, 4) is 0 Å². The van der Waals surface area contributed by atoms with Crippen LogP contribution in [0.1, 0.15) is 24.3 Å². The van der Waals surface area contributed by atoms with E-state index in [-0.39, 0.29) is 12.0 Å². The van der Waals surface area contributed by atoms with E-state index in [1.165, 1.54) is 12.3 Å². The summed E-state index contributed by atoms with van der Waals surface area (Å²) in [6, 6.07) is 3.15. The average Bonchev–Trinajstić information content (AvgIpc) is 2.24. The molecular formula is C11H15ClN2O2. The van der Waals surface area contributed by atoms with Gasteiger partial charge in [-0.15, -0.1) is 0 Å². The fourth-order valence-corrected chi connectivity index (χ4v) is 1.24. The predicted molar refractivity (Wildman–Crippen MR) is 62.7 cm³/mol. The van der Waals surface area contributed by atoms with Crippen molar-refractivity contribution in [2.45, 2.75) is 20.0 Å². The molecule has 88 valence electrons. The molecule has 1 amide bonds. The first-order valence-electron chi connectivity index (χ1n) is 5.11. The third-order valence-corrected chi connectivity index (χ3v) is 2.03. The molecular weight excluding hydrogens is 228 g/mol. The maximum absolute atomic E-state index is 11.6. The number of carbonyl (C=O) groups excluding carboxylic acids is 1. The van der Waals surface area contributed by atoms with E-state index in [0.29, 0.717) is 23.9 Å². The van der Waals surface area contributed by atoms with Crippen molar-refractivity contribution in [1.29, 1.82) is 0 Å². The maximum atomic E-state index is 11.6. The van der Waals surface area contributed by atoms with Crippen LogP contribution in [0.25, 0.3) is 0 Å². The number of hydrogen-bond acceptors (Lipinski definition) is 3. The molecule has 1 heterocycles. The van der Waals surface area contributed by atoms with E-state index in [2.05, 4.69) is 10.3 Å². The Bertz CT molecular complexity index is 356. The Labute approximate surface area is 100.0 Å². The molecule has 1 N–H and O–H groups in total. The number of amides is 1. The second-order valence-corrected chi connectivity index (χ2v) is 3.97. The lowest BCUT2D eigenvalue weighted by Crippen LogP contribution is -2.28. The van der Waals surface area contributed by atoms with Gasteiger partial charge in [-0.25, -0.2) is 0 Å². The van der Waals surface area contributed by atoms with Crippen LogP contribution in [0.15, 0.2) is 18.3 Å². The second-order valence-electron chi connectivity index (χ2n) is 3.53. The third kappa shape index (κ3) is 4.59. The zero-order chi connectivity index (χ0) is 12.0. The van der Waals surface area contributed by atoms with Gasteiger partial charge in [0.05, 0.1) is 12.7 Å². The second kappa shape index (κ2) is 6.45. The quantitative estimate of drug-likeness (QED) is 0.803. The van der Waals surface area contributed by atoms with Gasteiger partial charge in [0, 0.05) is 17.8 Å². The van der Waals surface area contributed by atoms with Crippen molar-refractivity contribution >= 4 is 17.5 Å². The van der Waals surface area contributed by atoms with Crippen LogP contribution in [-0.2, 0) is 4.74 Å². The van der Waals surface area contributed by atoms with Crippen LogP contribution in [0.4, 0.5) is 0 Å². The fraction of sp³-hybridized carbons (Fsp3) is 0.455. The molecule has 1 rings (SSSR count). The van der Waals surface area contributed by atoms with Gasteiger partial charge in [0.2, 0.25) is 0 Å². The lowest BCUT2D eigenvalue weighted by atomic mass is 10.3. The standard InChI is InChI=1S/C11H15ClN2O2/c1-8(2)16-6-5-14-11(15)10-7-9(12)3-4-13-10/h3-4,7-8H,5-6H2,1-2H3,(H,14,15). The van der Waals surface area contributed by atoms with Crippen molar-refractivity contribution in [1.82, 2.24) is 10.3 Å². The minimum atomic E-state index is -0.241. The lowest BCUT2D eigenvalue weighted by Gasteiger charge is -2.08. The normalized spacial score (nSPS) is 10.5. The van der Waals surface area contributed by atoms with Crippen molar-refractivity contribution in [3.63, 3.8) is 0 Å². The Morgan fingerprint density at radius 3 is 3.00 bits per heavy atom. The molecule has 0 atom stereocenters. The molecule has 0 bridgehead atoms. The maximum Gasteiger partial charge on any atom is 0.270 e. The minimum absolute atomic E-state index is 0.168. The molecule has 0 radical (unpaired) electrons. The van der Waals surface area contributed by atoms with Crippen LogP contribution in [-0.4, -0.2) is 30.1 Å². The van der Waals surface area contributed by atoms with Crippen molar-refractivity contribution in [2.24, 2.45) is 0 Å². The molecule has 0 aliphatic carbocycles. The summed E-state index contributed by atoms with van der Waals surface area (Å²) in [7, 11) is 0. The van der Waals surface area contributed by atoms with E-state index in [1.54, 1.807) is 6.07 Å². The number of nitrogens with zero attached hydrogens (tertiary/aromatic N) is 1. The number of nitrogens with one attached hydrogen (secondary N) is 1. The van der Waals surface area contributed by atoms with E-state index in [9.17, 15) is 4.79 Å². The molecule has 0 fully saturated rings. The molecule has 0 saturated heterocycles. The molecule has 0 aliphatic rings. The molecule has 1 aromatic heterocycles. The van der Waals surface area contributed by atoms with Crippen LogP contribution in [0.3, 0.4) is 0 Å². The first-order chi connectivity index (χ1) is 7.59. The van der Waals surface area contributed by atoms with E-state index in [0.717, 1.165) is 0 Å². The number of ether oxygens (including phenoxy) is 1. The molecule has 1 aromatic rings. The highest BCUT2D eigenvalue weighted by Crippen LogP contribution is 2.07. The molecule has 4 nitrogen and oxygen atoms in total. The van der Waals surface area contributed by atoms with Crippen LogP contribution < -0.4 is 5.32 Å². The monoisotopic (exact) mass is 242 g/mol. The number of rotatable bonds is 5. The Balaban J connectivity index is 2.35. The smallest absolute Gasteiger partial charge is 0.270 e. The molecule has 0 spiro atoms. The van der Waals surface area contributed by atoms with E-state index >= 15 is 0 Å². The summed E-state index contributed by atoms with van der Waals surface area (Å²) in [6.07, 6.45) is 1.67. The highest BCUT2D eigenvalue weighted by molar-refractivity contribution is 6.30. The summed E-state index contributed by atoms with van der Waals surface area (Å²) < 4.78 is 5.29. The summed E-state index contributed by atoms with van der Waals surface area (Å²) in [5.74, 6) is -0.241. The van der Waals surface area contributed by atoms with Gasteiger partial charge in [0.15, 0.2) is 0 Å². The topological polar surface area (TPSA) is 51.2 Å². The van der Waals surface area contributed by atoms with E-state index in [1.807, 2.05) is 13.8 Å². The van der Waals surface area contributed by atoms with Gasteiger partial charge >= 0.3 is 0 Å². The van der Waals surface area contributed by atoms with Gasteiger partial charge < -0.3 is 10.1 Å². The molecule has 0 unspecified atom stereocenters. The summed E-state index contributed by atoms with van der Waals surface area (Å²) in [4.78, 5) is 15.5. The van der Waals surface area contributed by atoms with E-state index in [4.69, 9.17) is 16.3 Å². The van der Waals surface area contributed by atoms with Gasteiger partial charge in [0.1, 0.15) is 5.69 Å². The fourth-order valence-electron chi connectivity index (χ4n) is 1.08. The SMILES string of the molecule is CC(C)OCCNC(=O)c1cc(Cl)ccn1. The number of aromatic nitrogens is 1. The highest BCUT2D eigenvalue weighted by Gasteiger charge is 2.06. The van der Waals surface area contributed by atoms with E-state index < -0.39 is 0 Å². The van der Waals surface area contributed by atoms with Crippen molar-refractivity contribution in [2.75, 3.05) is 13.2 Å². The molecule has 0 saturated carbocycles. The van der Waals surface area contributed by atoms with Crippen LogP contribution in [0, 0.1) is 0 Å². The third-order valence-electron chi connectivity index (χ3n) is 1.79. The Hall–Kier alpha value is -1.13. The van der Waals surface area contributed by atoms with Crippen LogP contribution in [0.5, 0.6) is 0 Å². The zero-order valence-corrected chi connectivity index (χ0v) is 10.1. The lowest BCUT2D eigenvalue weighted by molar-refractivity contribution is 0.0745. The summed E-state index contributed by atoms with van der Waals surface area (Å²) in [6.45, 7) is 4.84. The summed E-state index contributed by atoms with van der Waals surface area (Å²) >= 11 is 5.75. The van der Waals surface area contributed by atoms with Crippen LogP contribution >= 0.6 is 11.6 Å². The highest BCUT2D eigenvalue weighted by atomic mass is 35.5. The Morgan fingerprint density at radius 2 is 2.38 bits per heavy atom. The minimum Gasteiger partial charge on any atom is -0.377 e. The predicted octanol–water partition coefficient (Wildman–Crippen LogP) is 1.89. The number of pyridine rings is 1. The first-order valence-corrected chi connectivity index (χ1v) is 5.48. The zero-order valence-electron chi connectivity index (χ0n) is 9.37. The molecule has 0 aliphatic heterocycles. The van der Waals surface area contributed by atoms with Gasteiger partial charge in [-0.1, -0.05) is 11.6 Å². The summed E-state index contributed by atoms with van der Waals surface area (Å²) in [5.41, 5.74) is 0.317. The van der Waals surface area contributed by atoms with Crippen molar-refractivity contribution < 1.29 is 9.53 Å². The molecule has 5 heteroatoms. The number of halogens is 1. The van der Waals surface area contributed by atoms with Crippen LogP contribution in [0.2, 0.25) is 5.02 Å². The average molecular weight is 243 g/mol. The van der Waals surface area contributed by atoms with Gasteiger partial charge in [-0.05, 0) is 26.0 Å². The first kappa shape index (κ1) is 12.9. The Morgan fingerprint density at radius 1 is 1.62 bits per heavy atom. The largest absolute Gasteiger partial charge is 0.377 e.